The Labute approximate surface area is 158 Å². The molecule has 0 bridgehead atoms. The Hall–Kier alpha value is -3.02. The fourth-order valence-electron chi connectivity index (χ4n) is 3.69. The summed E-state index contributed by atoms with van der Waals surface area (Å²) in [5, 5.41) is 11.5. The summed E-state index contributed by atoms with van der Waals surface area (Å²) in [6.45, 7) is 3.49. The maximum atomic E-state index is 12.8. The Morgan fingerprint density at radius 1 is 1.04 bits per heavy atom. The molecule has 4 rings (SSSR count). The van der Waals surface area contributed by atoms with Crippen molar-refractivity contribution in [1.82, 2.24) is 25.1 Å². The molecule has 1 saturated heterocycles. The molecular formula is C21H23N5O. The van der Waals surface area contributed by atoms with Gasteiger partial charge in [-0.15, -0.1) is 5.10 Å². The second-order valence-electron chi connectivity index (χ2n) is 7.11. The Balaban J connectivity index is 1.36. The fraction of sp³-hybridized carbons (Fsp3) is 0.333. The lowest BCUT2D eigenvalue weighted by Crippen LogP contribution is -2.38. The summed E-state index contributed by atoms with van der Waals surface area (Å²) in [6.07, 6.45) is 3.22. The van der Waals surface area contributed by atoms with Gasteiger partial charge in [0, 0.05) is 18.7 Å². The van der Waals surface area contributed by atoms with E-state index in [-0.39, 0.29) is 5.91 Å². The number of aromatic nitrogens is 4. The third-order valence-electron chi connectivity index (χ3n) is 5.25. The van der Waals surface area contributed by atoms with Crippen LogP contribution in [0.15, 0.2) is 54.6 Å². The average molecular weight is 361 g/mol. The highest BCUT2D eigenvalue weighted by Crippen LogP contribution is 2.23. The topological polar surface area (TPSA) is 63.9 Å². The first kappa shape index (κ1) is 17.4. The molecule has 0 N–H and O–H groups in total. The number of tetrazole rings is 1. The fourth-order valence-corrected chi connectivity index (χ4v) is 3.69. The van der Waals surface area contributed by atoms with Crippen molar-refractivity contribution >= 4 is 5.91 Å². The highest BCUT2D eigenvalue weighted by molar-refractivity contribution is 5.94. The van der Waals surface area contributed by atoms with Gasteiger partial charge in [-0.25, -0.2) is 0 Å². The SMILES string of the molecule is Cc1nnnn1-c1ccc(C(=O)N2CCC(Cc3ccccc3)CC2)cc1. The van der Waals surface area contributed by atoms with Crippen molar-refractivity contribution in [3.8, 4) is 5.69 Å². The van der Waals surface area contributed by atoms with Crippen molar-refractivity contribution in [2.45, 2.75) is 26.2 Å². The molecule has 1 aliphatic rings. The summed E-state index contributed by atoms with van der Waals surface area (Å²) >= 11 is 0. The molecule has 0 saturated carbocycles. The van der Waals surface area contributed by atoms with Crippen LogP contribution in [0.2, 0.25) is 0 Å². The summed E-state index contributed by atoms with van der Waals surface area (Å²) < 4.78 is 1.66. The molecule has 1 aromatic heterocycles. The predicted octanol–water partition coefficient (Wildman–Crippen LogP) is 3.07. The van der Waals surface area contributed by atoms with Crippen LogP contribution in [0.3, 0.4) is 0 Å². The maximum absolute atomic E-state index is 12.8. The van der Waals surface area contributed by atoms with Crippen LogP contribution < -0.4 is 0 Å². The van der Waals surface area contributed by atoms with Crippen LogP contribution in [0, 0.1) is 12.8 Å². The van der Waals surface area contributed by atoms with Crippen molar-refractivity contribution in [3.63, 3.8) is 0 Å². The van der Waals surface area contributed by atoms with Crippen LogP contribution in [0.25, 0.3) is 5.69 Å². The Kier molecular flexibility index (Phi) is 4.96. The van der Waals surface area contributed by atoms with E-state index in [0.29, 0.717) is 11.5 Å². The van der Waals surface area contributed by atoms with Crippen molar-refractivity contribution in [2.75, 3.05) is 13.1 Å². The summed E-state index contributed by atoms with van der Waals surface area (Å²) in [5.41, 5.74) is 2.96. The number of amides is 1. The lowest BCUT2D eigenvalue weighted by Gasteiger charge is -2.32. The third kappa shape index (κ3) is 3.89. The number of nitrogens with zero attached hydrogens (tertiary/aromatic N) is 5. The zero-order chi connectivity index (χ0) is 18.6. The molecule has 0 atom stereocenters. The minimum atomic E-state index is 0.105. The highest BCUT2D eigenvalue weighted by Gasteiger charge is 2.23. The number of likely N-dealkylation sites (tertiary alicyclic amines) is 1. The molecule has 27 heavy (non-hydrogen) atoms. The molecule has 0 radical (unpaired) electrons. The molecule has 0 unspecified atom stereocenters. The van der Waals surface area contributed by atoms with Crippen molar-refractivity contribution in [2.24, 2.45) is 5.92 Å². The van der Waals surface area contributed by atoms with E-state index in [1.807, 2.05) is 36.1 Å². The quantitative estimate of drug-likeness (QED) is 0.716. The molecule has 3 aromatic rings. The third-order valence-corrected chi connectivity index (χ3v) is 5.25. The van der Waals surface area contributed by atoms with E-state index in [1.165, 1.54) is 5.56 Å². The van der Waals surface area contributed by atoms with Gasteiger partial charge in [-0.05, 0) is 72.4 Å². The summed E-state index contributed by atoms with van der Waals surface area (Å²) in [5.74, 6) is 1.48. The zero-order valence-corrected chi connectivity index (χ0v) is 15.5. The van der Waals surface area contributed by atoms with Crippen LogP contribution in [0.4, 0.5) is 0 Å². The maximum Gasteiger partial charge on any atom is 0.253 e. The van der Waals surface area contributed by atoms with Crippen LogP contribution >= 0.6 is 0 Å². The van der Waals surface area contributed by atoms with Crippen LogP contribution in [0.5, 0.6) is 0 Å². The zero-order valence-electron chi connectivity index (χ0n) is 15.5. The summed E-state index contributed by atoms with van der Waals surface area (Å²) in [7, 11) is 0. The lowest BCUT2D eigenvalue weighted by molar-refractivity contribution is 0.0690. The van der Waals surface area contributed by atoms with E-state index >= 15 is 0 Å². The van der Waals surface area contributed by atoms with E-state index in [1.54, 1.807) is 4.68 Å². The van der Waals surface area contributed by atoms with Gasteiger partial charge in [-0.1, -0.05) is 30.3 Å². The van der Waals surface area contributed by atoms with Gasteiger partial charge in [-0.2, -0.15) is 4.68 Å². The molecule has 0 spiro atoms. The molecule has 138 valence electrons. The summed E-state index contributed by atoms with van der Waals surface area (Å²) in [6, 6.07) is 18.1. The van der Waals surface area contributed by atoms with Gasteiger partial charge in [0.05, 0.1) is 5.69 Å². The van der Waals surface area contributed by atoms with Gasteiger partial charge in [0.2, 0.25) is 0 Å². The Morgan fingerprint density at radius 2 is 1.74 bits per heavy atom. The number of aryl methyl sites for hydroxylation is 1. The molecule has 0 aliphatic carbocycles. The molecule has 1 amide bonds. The predicted molar refractivity (Wildman–Crippen MR) is 103 cm³/mol. The number of benzene rings is 2. The van der Waals surface area contributed by atoms with Crippen LogP contribution in [-0.2, 0) is 6.42 Å². The van der Waals surface area contributed by atoms with Gasteiger partial charge >= 0.3 is 0 Å². The number of piperidine rings is 1. The molecular weight excluding hydrogens is 338 g/mol. The molecule has 2 heterocycles. The minimum absolute atomic E-state index is 0.105. The number of hydrogen-bond donors (Lipinski definition) is 0. The monoisotopic (exact) mass is 361 g/mol. The minimum Gasteiger partial charge on any atom is -0.339 e. The van der Waals surface area contributed by atoms with Gasteiger partial charge in [0.25, 0.3) is 5.91 Å². The molecule has 1 aliphatic heterocycles. The number of carbonyl (C=O) groups excluding carboxylic acids is 1. The molecule has 1 fully saturated rings. The Morgan fingerprint density at radius 3 is 2.37 bits per heavy atom. The van der Waals surface area contributed by atoms with Gasteiger partial charge in [-0.3, -0.25) is 4.79 Å². The van der Waals surface area contributed by atoms with Crippen molar-refractivity contribution < 1.29 is 4.79 Å². The van der Waals surface area contributed by atoms with E-state index in [4.69, 9.17) is 0 Å². The number of carbonyl (C=O) groups is 1. The van der Waals surface area contributed by atoms with E-state index in [9.17, 15) is 4.79 Å². The first-order chi connectivity index (χ1) is 13.2. The smallest absolute Gasteiger partial charge is 0.253 e. The lowest BCUT2D eigenvalue weighted by atomic mass is 9.90. The first-order valence-corrected chi connectivity index (χ1v) is 9.39. The van der Waals surface area contributed by atoms with Gasteiger partial charge in [0.15, 0.2) is 5.82 Å². The van der Waals surface area contributed by atoms with E-state index < -0.39 is 0 Å². The van der Waals surface area contributed by atoms with Crippen molar-refractivity contribution in [3.05, 3.63) is 71.5 Å². The number of rotatable bonds is 4. The van der Waals surface area contributed by atoms with Gasteiger partial charge in [0.1, 0.15) is 0 Å². The molecule has 6 nitrogen and oxygen atoms in total. The molecule has 2 aromatic carbocycles. The second-order valence-corrected chi connectivity index (χ2v) is 7.11. The highest BCUT2D eigenvalue weighted by atomic mass is 16.2. The van der Waals surface area contributed by atoms with Gasteiger partial charge < -0.3 is 4.90 Å². The second kappa shape index (κ2) is 7.70. The summed E-state index contributed by atoms with van der Waals surface area (Å²) in [4.78, 5) is 14.8. The molecule has 6 heteroatoms. The van der Waals surface area contributed by atoms with Crippen LogP contribution in [0.1, 0.15) is 34.6 Å². The Bertz CT molecular complexity index is 896. The van der Waals surface area contributed by atoms with E-state index in [0.717, 1.165) is 43.9 Å². The largest absolute Gasteiger partial charge is 0.339 e. The first-order valence-electron chi connectivity index (χ1n) is 9.39. The number of hydrogen-bond acceptors (Lipinski definition) is 4. The van der Waals surface area contributed by atoms with Crippen molar-refractivity contribution in [1.29, 1.82) is 0 Å². The van der Waals surface area contributed by atoms with Crippen LogP contribution in [-0.4, -0.2) is 44.1 Å². The average Bonchev–Trinajstić information content (AvgIpc) is 3.15. The standard InChI is InChI=1S/C21H23N5O/c1-16-22-23-24-26(16)20-9-7-19(8-10-20)21(27)25-13-11-18(12-14-25)15-17-5-3-2-4-6-17/h2-10,18H,11-15H2,1H3. The van der Waals surface area contributed by atoms with E-state index in [2.05, 4.69) is 45.9 Å². The normalized spacial score (nSPS) is 15.1.